The Balaban J connectivity index is 1.57. The SMILES string of the molecule is CC(=O)c1ccc2c(C(=O)C(NCCc3ccc(C#N)cc3)c3ccccc3)c[nH]c2c1. The van der Waals surface area contributed by atoms with E-state index in [-0.39, 0.29) is 11.6 Å². The molecule has 0 aliphatic heterocycles. The summed E-state index contributed by atoms with van der Waals surface area (Å²) in [5.41, 5.74) is 4.59. The zero-order valence-electron chi connectivity index (χ0n) is 17.8. The second-order valence-corrected chi connectivity index (χ2v) is 7.74. The van der Waals surface area contributed by atoms with Crippen LogP contribution in [0.4, 0.5) is 0 Å². The van der Waals surface area contributed by atoms with Gasteiger partial charge in [-0.15, -0.1) is 0 Å². The highest BCUT2D eigenvalue weighted by molar-refractivity contribution is 6.11. The van der Waals surface area contributed by atoms with E-state index in [9.17, 15) is 9.59 Å². The van der Waals surface area contributed by atoms with Crippen molar-refractivity contribution in [1.29, 1.82) is 5.26 Å². The molecule has 1 atom stereocenters. The lowest BCUT2D eigenvalue weighted by atomic mass is 9.96. The molecule has 0 saturated carbocycles. The van der Waals surface area contributed by atoms with Crippen molar-refractivity contribution >= 4 is 22.5 Å². The number of hydrogen-bond acceptors (Lipinski definition) is 4. The van der Waals surface area contributed by atoms with Crippen LogP contribution in [-0.4, -0.2) is 23.1 Å². The van der Waals surface area contributed by atoms with Crippen LogP contribution in [-0.2, 0) is 6.42 Å². The van der Waals surface area contributed by atoms with E-state index in [1.807, 2.05) is 48.5 Å². The molecule has 2 N–H and O–H groups in total. The van der Waals surface area contributed by atoms with E-state index >= 15 is 0 Å². The number of nitrogens with zero attached hydrogens (tertiary/aromatic N) is 1. The minimum Gasteiger partial charge on any atom is -0.360 e. The molecule has 32 heavy (non-hydrogen) atoms. The molecule has 1 heterocycles. The van der Waals surface area contributed by atoms with Crippen LogP contribution in [0, 0.1) is 11.3 Å². The van der Waals surface area contributed by atoms with E-state index in [1.165, 1.54) is 6.92 Å². The predicted molar refractivity (Wildman–Crippen MR) is 125 cm³/mol. The largest absolute Gasteiger partial charge is 0.360 e. The molecule has 158 valence electrons. The van der Waals surface area contributed by atoms with Gasteiger partial charge in [-0.25, -0.2) is 0 Å². The number of fused-ring (bicyclic) bond motifs is 1. The van der Waals surface area contributed by atoms with Gasteiger partial charge in [-0.1, -0.05) is 54.6 Å². The van der Waals surface area contributed by atoms with Gasteiger partial charge in [0.2, 0.25) is 0 Å². The van der Waals surface area contributed by atoms with E-state index in [0.717, 1.165) is 28.5 Å². The number of nitrogens with one attached hydrogen (secondary N) is 2. The van der Waals surface area contributed by atoms with E-state index in [4.69, 9.17) is 5.26 Å². The van der Waals surface area contributed by atoms with Crippen LogP contribution in [0.25, 0.3) is 10.9 Å². The molecule has 3 aromatic carbocycles. The first-order valence-electron chi connectivity index (χ1n) is 10.5. The molecule has 0 radical (unpaired) electrons. The summed E-state index contributed by atoms with van der Waals surface area (Å²) in [6.07, 6.45) is 2.45. The van der Waals surface area contributed by atoms with Gasteiger partial charge in [-0.2, -0.15) is 5.26 Å². The Morgan fingerprint density at radius 1 is 1.03 bits per heavy atom. The molecule has 1 unspecified atom stereocenters. The van der Waals surface area contributed by atoms with Gasteiger partial charge < -0.3 is 10.3 Å². The molecular weight excluding hydrogens is 398 g/mol. The van der Waals surface area contributed by atoms with Crippen molar-refractivity contribution in [1.82, 2.24) is 10.3 Å². The summed E-state index contributed by atoms with van der Waals surface area (Å²) in [6, 6.07) is 24.1. The van der Waals surface area contributed by atoms with Gasteiger partial charge in [0.1, 0.15) is 0 Å². The number of H-pyrrole nitrogens is 1. The Bertz CT molecular complexity index is 1300. The van der Waals surface area contributed by atoms with E-state index < -0.39 is 6.04 Å². The number of ketones is 2. The minimum absolute atomic E-state index is 0.0130. The summed E-state index contributed by atoms with van der Waals surface area (Å²) in [5.74, 6) is -0.0427. The Morgan fingerprint density at radius 3 is 2.47 bits per heavy atom. The highest BCUT2D eigenvalue weighted by Crippen LogP contribution is 2.26. The van der Waals surface area contributed by atoms with Crippen molar-refractivity contribution in [2.24, 2.45) is 0 Å². The number of rotatable bonds is 8. The lowest BCUT2D eigenvalue weighted by molar-refractivity contribution is 0.0944. The van der Waals surface area contributed by atoms with Crippen molar-refractivity contribution in [2.45, 2.75) is 19.4 Å². The highest BCUT2D eigenvalue weighted by Gasteiger charge is 2.24. The molecule has 0 spiro atoms. The van der Waals surface area contributed by atoms with Gasteiger partial charge in [0.15, 0.2) is 11.6 Å². The summed E-state index contributed by atoms with van der Waals surface area (Å²) in [7, 11) is 0. The van der Waals surface area contributed by atoms with Crippen LogP contribution in [0.1, 0.15) is 50.4 Å². The van der Waals surface area contributed by atoms with Crippen molar-refractivity contribution < 1.29 is 9.59 Å². The molecule has 0 amide bonds. The molecule has 5 heteroatoms. The van der Waals surface area contributed by atoms with Crippen LogP contribution < -0.4 is 5.32 Å². The normalized spacial score (nSPS) is 11.8. The zero-order valence-corrected chi connectivity index (χ0v) is 17.8. The molecule has 1 aromatic heterocycles. The molecule has 0 fully saturated rings. The third kappa shape index (κ3) is 4.51. The molecule has 4 rings (SSSR count). The topological polar surface area (TPSA) is 85.8 Å². The number of benzene rings is 3. The maximum Gasteiger partial charge on any atom is 0.186 e. The average Bonchev–Trinajstić information content (AvgIpc) is 3.26. The van der Waals surface area contributed by atoms with Crippen LogP contribution >= 0.6 is 0 Å². The van der Waals surface area contributed by atoms with Crippen molar-refractivity contribution in [3.8, 4) is 6.07 Å². The second kappa shape index (κ2) is 9.42. The number of aromatic amines is 1. The lowest BCUT2D eigenvalue weighted by Crippen LogP contribution is -2.30. The number of hydrogen-bond donors (Lipinski definition) is 2. The minimum atomic E-state index is -0.499. The average molecular weight is 422 g/mol. The second-order valence-electron chi connectivity index (χ2n) is 7.74. The van der Waals surface area contributed by atoms with E-state index in [1.54, 1.807) is 30.5 Å². The molecular formula is C27H23N3O2. The van der Waals surface area contributed by atoms with Crippen molar-refractivity contribution in [3.63, 3.8) is 0 Å². The molecule has 0 aliphatic rings. The Hall–Kier alpha value is -4.01. The predicted octanol–water partition coefficient (Wildman–Crippen LogP) is 5.00. The van der Waals surface area contributed by atoms with Gasteiger partial charge in [0.25, 0.3) is 0 Å². The number of nitriles is 1. The summed E-state index contributed by atoms with van der Waals surface area (Å²) < 4.78 is 0. The van der Waals surface area contributed by atoms with Crippen LogP contribution in [0.3, 0.4) is 0 Å². The number of carbonyl (C=O) groups excluding carboxylic acids is 2. The third-order valence-corrected chi connectivity index (χ3v) is 5.59. The number of carbonyl (C=O) groups is 2. The highest BCUT2D eigenvalue weighted by atomic mass is 16.1. The Labute approximate surface area is 186 Å². The van der Waals surface area contributed by atoms with E-state index in [0.29, 0.717) is 23.2 Å². The van der Waals surface area contributed by atoms with Crippen LogP contribution in [0.15, 0.2) is 79.0 Å². The maximum absolute atomic E-state index is 13.6. The van der Waals surface area contributed by atoms with Crippen LogP contribution in [0.5, 0.6) is 0 Å². The van der Waals surface area contributed by atoms with Crippen LogP contribution in [0.2, 0.25) is 0 Å². The lowest BCUT2D eigenvalue weighted by Gasteiger charge is -2.18. The van der Waals surface area contributed by atoms with Gasteiger partial charge in [0, 0.05) is 34.8 Å². The number of aromatic nitrogens is 1. The number of Topliss-reactive ketones (excluding diaryl/α,β-unsaturated/α-hetero) is 2. The fourth-order valence-corrected chi connectivity index (χ4v) is 3.82. The Morgan fingerprint density at radius 2 is 1.78 bits per heavy atom. The fourth-order valence-electron chi connectivity index (χ4n) is 3.82. The van der Waals surface area contributed by atoms with Crippen molar-refractivity contribution in [3.05, 3.63) is 107 Å². The third-order valence-electron chi connectivity index (χ3n) is 5.59. The maximum atomic E-state index is 13.6. The summed E-state index contributed by atoms with van der Waals surface area (Å²) in [6.45, 7) is 2.13. The van der Waals surface area contributed by atoms with Gasteiger partial charge in [-0.05, 0) is 42.7 Å². The molecule has 5 nitrogen and oxygen atoms in total. The zero-order chi connectivity index (χ0) is 22.5. The van der Waals surface area contributed by atoms with Gasteiger partial charge >= 0.3 is 0 Å². The smallest absolute Gasteiger partial charge is 0.186 e. The monoisotopic (exact) mass is 421 g/mol. The summed E-state index contributed by atoms with van der Waals surface area (Å²) >= 11 is 0. The van der Waals surface area contributed by atoms with Crippen molar-refractivity contribution in [2.75, 3.05) is 6.54 Å². The Kier molecular flexibility index (Phi) is 6.25. The fraction of sp³-hybridized carbons (Fsp3) is 0.148. The van der Waals surface area contributed by atoms with Gasteiger partial charge in [-0.3, -0.25) is 9.59 Å². The summed E-state index contributed by atoms with van der Waals surface area (Å²) in [4.78, 5) is 28.4. The first-order valence-corrected chi connectivity index (χ1v) is 10.5. The van der Waals surface area contributed by atoms with Gasteiger partial charge in [0.05, 0.1) is 17.7 Å². The molecule has 4 aromatic rings. The first-order chi connectivity index (χ1) is 15.6. The van der Waals surface area contributed by atoms with E-state index in [2.05, 4.69) is 16.4 Å². The quantitative estimate of drug-likeness (QED) is 0.392. The standard InChI is InChI=1S/C27H23N3O2/c1-18(31)22-11-12-23-24(17-30-25(23)15-22)27(32)26(21-5-3-2-4-6-21)29-14-13-19-7-9-20(16-28)10-8-19/h2-12,15,17,26,29-30H,13-14H2,1H3. The molecule has 0 bridgehead atoms. The molecule has 0 saturated heterocycles. The molecule has 0 aliphatic carbocycles. The summed E-state index contributed by atoms with van der Waals surface area (Å²) in [5, 5.41) is 13.2. The first kappa shape index (κ1) is 21.2.